The molecule has 2 aliphatic heterocycles. The summed E-state index contributed by atoms with van der Waals surface area (Å²) in [5.74, 6) is 0.265. The van der Waals surface area contributed by atoms with Gasteiger partial charge in [-0.2, -0.15) is 5.10 Å². The van der Waals surface area contributed by atoms with Crippen molar-refractivity contribution in [3.05, 3.63) is 48.4 Å². The van der Waals surface area contributed by atoms with E-state index in [0.717, 1.165) is 86.6 Å². The molecule has 3 aromatic heterocycles. The summed E-state index contributed by atoms with van der Waals surface area (Å²) in [6.07, 6.45) is 9.51. The minimum absolute atomic E-state index is 0.265. The van der Waals surface area contributed by atoms with Gasteiger partial charge in [-0.1, -0.05) is 13.0 Å². The largest absolute Gasteiger partial charge is 0.369 e. The molecule has 0 aromatic carbocycles. The van der Waals surface area contributed by atoms with E-state index in [9.17, 15) is 4.79 Å². The smallest absolute Gasteiger partial charge is 0.222 e. The molecule has 0 aliphatic carbocycles. The summed E-state index contributed by atoms with van der Waals surface area (Å²) in [6.45, 7) is 9.84. The zero-order valence-corrected chi connectivity index (χ0v) is 20.9. The van der Waals surface area contributed by atoms with Crippen LogP contribution in [-0.2, 0) is 15.1 Å². The van der Waals surface area contributed by atoms with Crippen LogP contribution in [0.5, 0.6) is 0 Å². The van der Waals surface area contributed by atoms with Gasteiger partial charge in [0.25, 0.3) is 0 Å². The van der Waals surface area contributed by atoms with E-state index in [1.54, 1.807) is 0 Å². The number of amides is 1. The van der Waals surface area contributed by atoms with Gasteiger partial charge in [-0.05, 0) is 50.9 Å². The number of fused-ring (bicyclic) bond motifs is 1. The Kier molecular flexibility index (Phi) is 7.02. The second-order valence-electron chi connectivity index (χ2n) is 9.53. The minimum Gasteiger partial charge on any atom is -0.369 e. The van der Waals surface area contributed by atoms with Crippen LogP contribution in [0.4, 0.5) is 5.69 Å². The highest BCUT2D eigenvalue weighted by Crippen LogP contribution is 2.34. The Morgan fingerprint density at radius 1 is 1.17 bits per heavy atom. The Hall–Kier alpha value is -2.97. The molecule has 0 saturated carbocycles. The standard InChI is InChI=1S/C27H36N6O2/c1-3-6-26(34)32-15-13-31(14-16-32)24-9-12-30-33-19-21(17-25(24)33)23-8-7-22(18-29-23)27(35-4-2)10-5-11-28-20-27/h7-9,12,17-19,28H,3-6,10-11,13-16,20H2,1-2H3/t27-/m0/s1. The predicted molar refractivity (Wildman–Crippen MR) is 138 cm³/mol. The van der Waals surface area contributed by atoms with Crippen LogP contribution in [0.3, 0.4) is 0 Å². The molecule has 2 aliphatic rings. The molecular formula is C27H36N6O2. The number of nitrogens with zero attached hydrogens (tertiary/aromatic N) is 5. The SMILES string of the molecule is CCCC(=O)N1CCN(c2ccnn3cc(-c4ccc([C@]5(OCC)CCCNC5)cn4)cc23)CC1. The molecule has 8 nitrogen and oxygen atoms in total. The molecule has 1 N–H and O–H groups in total. The van der Waals surface area contributed by atoms with Crippen molar-refractivity contribution in [1.29, 1.82) is 0 Å². The van der Waals surface area contributed by atoms with Crippen molar-refractivity contribution < 1.29 is 9.53 Å². The van der Waals surface area contributed by atoms with Gasteiger partial charge < -0.3 is 19.9 Å². The third-order valence-electron chi connectivity index (χ3n) is 7.27. The molecule has 2 saturated heterocycles. The number of nitrogens with one attached hydrogen (secondary N) is 1. The Morgan fingerprint density at radius 3 is 2.71 bits per heavy atom. The number of anilines is 1. The molecular weight excluding hydrogens is 440 g/mol. The molecule has 35 heavy (non-hydrogen) atoms. The topological polar surface area (TPSA) is 75.0 Å². The van der Waals surface area contributed by atoms with Crippen molar-refractivity contribution in [1.82, 2.24) is 24.8 Å². The average Bonchev–Trinajstić information content (AvgIpc) is 3.34. The van der Waals surface area contributed by atoms with Gasteiger partial charge in [0, 0.05) is 75.5 Å². The van der Waals surface area contributed by atoms with Crippen LogP contribution < -0.4 is 10.2 Å². The van der Waals surface area contributed by atoms with Gasteiger partial charge in [-0.25, -0.2) is 4.52 Å². The van der Waals surface area contributed by atoms with Crippen molar-refractivity contribution >= 4 is 17.1 Å². The van der Waals surface area contributed by atoms with E-state index in [4.69, 9.17) is 9.72 Å². The van der Waals surface area contributed by atoms with Gasteiger partial charge in [0.15, 0.2) is 0 Å². The second kappa shape index (κ2) is 10.3. The molecule has 1 amide bonds. The van der Waals surface area contributed by atoms with Gasteiger partial charge in [0.2, 0.25) is 5.91 Å². The lowest BCUT2D eigenvalue weighted by Crippen LogP contribution is -2.48. The van der Waals surface area contributed by atoms with Crippen molar-refractivity contribution in [3.63, 3.8) is 0 Å². The highest BCUT2D eigenvalue weighted by atomic mass is 16.5. The first-order valence-electron chi connectivity index (χ1n) is 13.0. The zero-order valence-electron chi connectivity index (χ0n) is 20.9. The van der Waals surface area contributed by atoms with Gasteiger partial charge in [-0.3, -0.25) is 9.78 Å². The maximum atomic E-state index is 12.3. The monoisotopic (exact) mass is 476 g/mol. The fraction of sp³-hybridized carbons (Fsp3) is 0.519. The first-order valence-corrected chi connectivity index (χ1v) is 13.0. The molecule has 8 heteroatoms. The lowest BCUT2D eigenvalue weighted by molar-refractivity contribution is -0.131. The van der Waals surface area contributed by atoms with Crippen LogP contribution >= 0.6 is 0 Å². The van der Waals surface area contributed by atoms with Crippen LogP contribution in [0.2, 0.25) is 0 Å². The normalized spacial score (nSPS) is 21.0. The van der Waals surface area contributed by atoms with Crippen LogP contribution in [-0.4, -0.2) is 71.3 Å². The Bertz CT molecular complexity index is 1140. The van der Waals surface area contributed by atoms with Crippen LogP contribution in [0.15, 0.2) is 42.9 Å². The number of ether oxygens (including phenoxy) is 1. The zero-order chi connectivity index (χ0) is 24.3. The predicted octanol–water partition coefficient (Wildman–Crippen LogP) is 3.46. The lowest BCUT2D eigenvalue weighted by Gasteiger charge is -2.37. The maximum absolute atomic E-state index is 12.3. The van der Waals surface area contributed by atoms with Crippen molar-refractivity contribution in [2.45, 2.75) is 45.1 Å². The van der Waals surface area contributed by atoms with E-state index in [0.29, 0.717) is 13.0 Å². The summed E-state index contributed by atoms with van der Waals surface area (Å²) in [4.78, 5) is 21.4. The quantitative estimate of drug-likeness (QED) is 0.563. The Labute approximate surface area is 207 Å². The first-order chi connectivity index (χ1) is 17.1. The summed E-state index contributed by atoms with van der Waals surface area (Å²) < 4.78 is 8.15. The van der Waals surface area contributed by atoms with E-state index < -0.39 is 0 Å². The first kappa shape index (κ1) is 23.8. The fourth-order valence-corrected chi connectivity index (χ4v) is 5.42. The summed E-state index contributed by atoms with van der Waals surface area (Å²) in [5, 5.41) is 8.03. The molecule has 3 aromatic rings. The van der Waals surface area contributed by atoms with Gasteiger partial charge in [0.1, 0.15) is 5.60 Å². The molecule has 186 valence electrons. The highest BCUT2D eigenvalue weighted by molar-refractivity contribution is 5.80. The Balaban J connectivity index is 1.36. The van der Waals surface area contributed by atoms with Crippen molar-refractivity contribution in [2.24, 2.45) is 0 Å². The van der Waals surface area contributed by atoms with E-state index in [-0.39, 0.29) is 11.5 Å². The third kappa shape index (κ3) is 4.77. The summed E-state index contributed by atoms with van der Waals surface area (Å²) in [5.41, 5.74) is 5.02. The molecule has 2 fully saturated rings. The van der Waals surface area contributed by atoms with Gasteiger partial charge in [-0.15, -0.1) is 0 Å². The number of piperidine rings is 1. The van der Waals surface area contributed by atoms with Crippen molar-refractivity contribution in [2.75, 3.05) is 50.8 Å². The van der Waals surface area contributed by atoms with E-state index in [1.165, 1.54) is 0 Å². The molecule has 0 unspecified atom stereocenters. The lowest BCUT2D eigenvalue weighted by atomic mass is 9.87. The summed E-state index contributed by atoms with van der Waals surface area (Å²) in [7, 11) is 0. The molecule has 1 atom stereocenters. The minimum atomic E-state index is -0.292. The van der Waals surface area contributed by atoms with Gasteiger partial charge >= 0.3 is 0 Å². The number of rotatable bonds is 7. The number of carbonyl (C=O) groups is 1. The van der Waals surface area contributed by atoms with Crippen LogP contribution in [0.1, 0.15) is 45.1 Å². The number of carbonyl (C=O) groups excluding carboxylic acids is 1. The summed E-state index contributed by atoms with van der Waals surface area (Å²) in [6, 6.07) is 8.49. The van der Waals surface area contributed by atoms with E-state index in [1.807, 2.05) is 28.0 Å². The molecule has 5 heterocycles. The van der Waals surface area contributed by atoms with E-state index in [2.05, 4.69) is 53.4 Å². The number of pyridine rings is 1. The number of hydrogen-bond donors (Lipinski definition) is 1. The van der Waals surface area contributed by atoms with Gasteiger partial charge in [0.05, 0.1) is 16.9 Å². The number of piperazine rings is 1. The van der Waals surface area contributed by atoms with E-state index >= 15 is 0 Å². The van der Waals surface area contributed by atoms with Crippen LogP contribution in [0.25, 0.3) is 16.8 Å². The molecule has 5 rings (SSSR count). The highest BCUT2D eigenvalue weighted by Gasteiger charge is 2.35. The average molecular weight is 477 g/mol. The molecule has 0 bridgehead atoms. The van der Waals surface area contributed by atoms with Crippen LogP contribution in [0, 0.1) is 0 Å². The fourth-order valence-electron chi connectivity index (χ4n) is 5.42. The summed E-state index contributed by atoms with van der Waals surface area (Å²) >= 11 is 0. The Morgan fingerprint density at radius 2 is 2.03 bits per heavy atom. The number of hydrogen-bond acceptors (Lipinski definition) is 6. The van der Waals surface area contributed by atoms with Crippen molar-refractivity contribution in [3.8, 4) is 11.3 Å². The number of aromatic nitrogens is 3. The third-order valence-corrected chi connectivity index (χ3v) is 7.27. The second-order valence-corrected chi connectivity index (χ2v) is 9.53. The molecule has 0 spiro atoms. The molecule has 0 radical (unpaired) electrons. The maximum Gasteiger partial charge on any atom is 0.222 e.